The van der Waals surface area contributed by atoms with Crippen molar-refractivity contribution in [2.24, 2.45) is 5.92 Å². The molecule has 0 fully saturated rings. The molecule has 0 aliphatic heterocycles. The predicted molar refractivity (Wildman–Crippen MR) is 208 cm³/mol. The van der Waals surface area contributed by atoms with E-state index in [-0.39, 0.29) is 24.6 Å². The van der Waals surface area contributed by atoms with E-state index >= 15 is 0 Å². The number of ether oxygens (including phenoxy) is 2. The Hall–Kier alpha value is -5.39. The number of carbonyl (C=O) groups excluding carboxylic acids is 4. The summed E-state index contributed by atoms with van der Waals surface area (Å²) < 4.78 is 36.4. The first-order valence-electron chi connectivity index (χ1n) is 18.3. The minimum atomic E-state index is -3.30. The molecule has 0 radical (unpaired) electrons. The first kappa shape index (κ1) is 42.4. The van der Waals surface area contributed by atoms with Gasteiger partial charge in [-0.25, -0.2) is 4.79 Å². The quantitative estimate of drug-likeness (QED) is 0.0277. The van der Waals surface area contributed by atoms with Crippen LogP contribution < -0.4 is 25.4 Å². The highest BCUT2D eigenvalue weighted by Crippen LogP contribution is 2.44. The second-order valence-electron chi connectivity index (χ2n) is 12.8. The number of unbranched alkanes of at least 4 members (excludes halogenated alkanes) is 2. The number of furan rings is 1. The molecule has 14 heteroatoms. The number of amides is 3. The second-order valence-corrected chi connectivity index (χ2v) is 15.3. The van der Waals surface area contributed by atoms with Crippen LogP contribution in [0.5, 0.6) is 11.5 Å². The van der Waals surface area contributed by atoms with Crippen molar-refractivity contribution in [1.82, 2.24) is 15.7 Å². The van der Waals surface area contributed by atoms with Gasteiger partial charge in [-0.3, -0.25) is 18.9 Å². The van der Waals surface area contributed by atoms with Gasteiger partial charge in [0.15, 0.2) is 5.76 Å². The summed E-state index contributed by atoms with van der Waals surface area (Å²) in [6, 6.07) is 23.1. The van der Waals surface area contributed by atoms with Crippen LogP contribution >= 0.6 is 7.37 Å². The van der Waals surface area contributed by atoms with Crippen molar-refractivity contribution < 1.29 is 47.0 Å². The van der Waals surface area contributed by atoms with Crippen LogP contribution in [0.1, 0.15) is 79.4 Å². The zero-order valence-electron chi connectivity index (χ0n) is 31.9. The molecule has 4 rings (SSSR count). The summed E-state index contributed by atoms with van der Waals surface area (Å²) in [7, 11) is -1.79. The molecule has 1 aromatic heterocycles. The van der Waals surface area contributed by atoms with Crippen LogP contribution in [-0.2, 0) is 30.1 Å². The Balaban J connectivity index is 1.42. The number of hydroxylamine groups is 2. The Morgan fingerprint density at radius 3 is 2.31 bits per heavy atom. The fourth-order valence-electron chi connectivity index (χ4n) is 5.90. The molecule has 3 amide bonds. The number of hydrogen-bond acceptors (Lipinski definition) is 10. The number of benzene rings is 3. The van der Waals surface area contributed by atoms with Crippen molar-refractivity contribution in [2.45, 2.75) is 65.5 Å². The molecule has 2 N–H and O–H groups in total. The van der Waals surface area contributed by atoms with E-state index in [0.717, 1.165) is 23.5 Å². The summed E-state index contributed by atoms with van der Waals surface area (Å²) in [4.78, 5) is 57.3. The van der Waals surface area contributed by atoms with Crippen LogP contribution in [0.2, 0.25) is 0 Å². The third-order valence-electron chi connectivity index (χ3n) is 8.90. The summed E-state index contributed by atoms with van der Waals surface area (Å²) in [5.74, 6) is -1.17. The molecule has 294 valence electrons. The number of carbonyl (C=O) groups is 4. The molecule has 1 heterocycles. The number of nitrogens with one attached hydrogen (secondary N) is 2. The number of nitrogens with zero attached hydrogens (tertiary/aromatic N) is 1. The highest BCUT2D eigenvalue weighted by Gasteiger charge is 2.34. The Labute approximate surface area is 322 Å². The molecule has 0 saturated carbocycles. The maximum atomic E-state index is 13.7. The molecule has 0 bridgehead atoms. The molecule has 1 unspecified atom stereocenters. The fraction of sp³-hybridized carbons (Fsp3) is 0.366. The van der Waals surface area contributed by atoms with Crippen LogP contribution in [0.3, 0.4) is 0 Å². The maximum Gasteiger partial charge on any atom is 0.363 e. The third kappa shape index (κ3) is 12.1. The molecule has 0 saturated heterocycles. The van der Waals surface area contributed by atoms with Crippen molar-refractivity contribution in [1.29, 1.82) is 0 Å². The Bertz CT molecular complexity index is 1910. The number of methoxy groups -OCH3 is 1. The zero-order valence-corrected chi connectivity index (χ0v) is 32.8. The van der Waals surface area contributed by atoms with Crippen molar-refractivity contribution in [3.63, 3.8) is 0 Å². The summed E-state index contributed by atoms with van der Waals surface area (Å²) in [6.07, 6.45) is 3.60. The van der Waals surface area contributed by atoms with E-state index in [9.17, 15) is 23.7 Å². The van der Waals surface area contributed by atoms with Crippen molar-refractivity contribution in [2.75, 3.05) is 27.1 Å². The van der Waals surface area contributed by atoms with Gasteiger partial charge in [-0.1, -0.05) is 63.4 Å². The molecule has 0 aliphatic carbocycles. The molecule has 3 atom stereocenters. The summed E-state index contributed by atoms with van der Waals surface area (Å²) in [5, 5.41) is 6.71. The SMILES string of the molecule is CCCCC[C@@H](C(=O)NCNC(=O)c1ccc(-c2cc(OCC)cc(P(C)(=O)OCc3ccccc3)c2)o1)[C@@H](CC)N(C=O)OC(=O)c1ccc(OC)cc1. The van der Waals surface area contributed by atoms with E-state index in [0.29, 0.717) is 60.4 Å². The van der Waals surface area contributed by atoms with Crippen LogP contribution in [0.25, 0.3) is 11.3 Å². The van der Waals surface area contributed by atoms with E-state index in [2.05, 4.69) is 10.6 Å². The zero-order chi connectivity index (χ0) is 39.8. The van der Waals surface area contributed by atoms with Crippen LogP contribution in [0.4, 0.5) is 0 Å². The summed E-state index contributed by atoms with van der Waals surface area (Å²) >= 11 is 0. The van der Waals surface area contributed by atoms with E-state index < -0.39 is 37.1 Å². The molecule has 0 aliphatic rings. The summed E-state index contributed by atoms with van der Waals surface area (Å²) in [6.45, 7) is 7.52. The lowest BCUT2D eigenvalue weighted by Gasteiger charge is -2.31. The van der Waals surface area contributed by atoms with E-state index in [1.165, 1.54) is 25.3 Å². The molecular weight excluding hydrogens is 725 g/mol. The van der Waals surface area contributed by atoms with E-state index in [1.54, 1.807) is 50.0 Å². The number of rotatable bonds is 22. The van der Waals surface area contributed by atoms with Gasteiger partial charge in [0, 0.05) is 17.5 Å². The Morgan fingerprint density at radius 2 is 1.65 bits per heavy atom. The highest BCUT2D eigenvalue weighted by molar-refractivity contribution is 7.66. The maximum absolute atomic E-state index is 13.7. The summed E-state index contributed by atoms with van der Waals surface area (Å²) in [5.41, 5.74) is 1.63. The number of hydrogen-bond donors (Lipinski definition) is 2. The van der Waals surface area contributed by atoms with Crippen LogP contribution in [0, 0.1) is 5.92 Å². The molecule has 0 spiro atoms. The Morgan fingerprint density at radius 1 is 0.909 bits per heavy atom. The lowest BCUT2D eigenvalue weighted by Crippen LogP contribution is -2.49. The van der Waals surface area contributed by atoms with Gasteiger partial charge in [0.1, 0.15) is 17.3 Å². The van der Waals surface area contributed by atoms with Crippen LogP contribution in [-0.4, -0.2) is 62.3 Å². The first-order chi connectivity index (χ1) is 26.5. The predicted octanol–water partition coefficient (Wildman–Crippen LogP) is 7.11. The van der Waals surface area contributed by atoms with E-state index in [4.69, 9.17) is 23.3 Å². The smallest absolute Gasteiger partial charge is 0.363 e. The van der Waals surface area contributed by atoms with Gasteiger partial charge in [0.2, 0.25) is 19.7 Å². The molecule has 4 aromatic rings. The third-order valence-corrected chi connectivity index (χ3v) is 10.7. The van der Waals surface area contributed by atoms with E-state index in [1.807, 2.05) is 44.2 Å². The largest absolute Gasteiger partial charge is 0.497 e. The minimum absolute atomic E-state index is 0.0175. The van der Waals surface area contributed by atoms with Gasteiger partial charge in [0.25, 0.3) is 5.91 Å². The van der Waals surface area contributed by atoms with Crippen molar-refractivity contribution in [3.05, 3.63) is 102 Å². The molecule has 55 heavy (non-hydrogen) atoms. The second kappa shape index (κ2) is 20.9. The van der Waals surface area contributed by atoms with Gasteiger partial charge in [0.05, 0.1) is 44.5 Å². The molecular formula is C41H50N3O10P. The Kier molecular flexibility index (Phi) is 16.1. The first-order valence-corrected chi connectivity index (χ1v) is 20.4. The average molecular weight is 776 g/mol. The van der Waals surface area contributed by atoms with Gasteiger partial charge < -0.3 is 33.9 Å². The normalized spacial score (nSPS) is 13.1. The van der Waals surface area contributed by atoms with Gasteiger partial charge >= 0.3 is 5.97 Å². The molecule has 3 aromatic carbocycles. The lowest BCUT2D eigenvalue weighted by molar-refractivity contribution is -0.171. The van der Waals surface area contributed by atoms with Crippen molar-refractivity contribution >= 4 is 36.9 Å². The van der Waals surface area contributed by atoms with Gasteiger partial charge in [-0.2, -0.15) is 5.06 Å². The minimum Gasteiger partial charge on any atom is -0.497 e. The topological polar surface area (TPSA) is 163 Å². The average Bonchev–Trinajstić information content (AvgIpc) is 3.70. The van der Waals surface area contributed by atoms with Gasteiger partial charge in [-0.05, 0) is 79.9 Å². The highest BCUT2D eigenvalue weighted by atomic mass is 31.2. The monoisotopic (exact) mass is 775 g/mol. The van der Waals surface area contributed by atoms with Crippen molar-refractivity contribution in [3.8, 4) is 22.8 Å². The molecule has 13 nitrogen and oxygen atoms in total. The van der Waals surface area contributed by atoms with Crippen LogP contribution in [0.15, 0.2) is 89.3 Å². The fourth-order valence-corrected chi connectivity index (χ4v) is 7.18. The van der Waals surface area contributed by atoms with Gasteiger partial charge in [-0.15, -0.1) is 0 Å². The lowest BCUT2D eigenvalue weighted by atomic mass is 9.90. The standard InChI is InChI=1S/C41H50N3O10P/c1-6-9-11-16-35(36(7-2)44(28-45)54-41(48)30-17-19-32(50-4)20-18-30)39(46)42-27-43-40(47)38-22-21-37(53-38)31-23-33(51-8-3)25-34(24-31)55(5,49)52-26-29-14-12-10-13-15-29/h10,12-15,17-25,28,35-36H,6-9,11,16,26-27H2,1-5H3,(H,42,46)(H,43,47)/t35-,36-,55?/m1/s1.